The number of aromatic nitrogens is 1. The zero-order chi connectivity index (χ0) is 15.4. The molecule has 0 saturated heterocycles. The number of amides is 1. The maximum Gasteiger partial charge on any atom is 0.338 e. The van der Waals surface area contributed by atoms with Gasteiger partial charge in [-0.05, 0) is 18.2 Å². The Morgan fingerprint density at radius 3 is 2.57 bits per heavy atom. The van der Waals surface area contributed by atoms with Gasteiger partial charge in [-0.2, -0.15) is 0 Å². The molecule has 0 aliphatic heterocycles. The van der Waals surface area contributed by atoms with Crippen molar-refractivity contribution in [2.75, 3.05) is 5.32 Å². The molecule has 21 heavy (non-hydrogen) atoms. The SMILES string of the molecule is O=C(O)c1cccnc1C(=O)Nc1ccccc1[N+](=O)[O-]. The Morgan fingerprint density at radius 2 is 1.90 bits per heavy atom. The normalized spacial score (nSPS) is 9.90. The molecule has 1 aromatic carbocycles. The summed E-state index contributed by atoms with van der Waals surface area (Å²) in [6, 6.07) is 8.15. The lowest BCUT2D eigenvalue weighted by molar-refractivity contribution is -0.383. The molecule has 1 aromatic heterocycles. The summed E-state index contributed by atoms with van der Waals surface area (Å²) < 4.78 is 0. The summed E-state index contributed by atoms with van der Waals surface area (Å²) in [5.74, 6) is -2.14. The van der Waals surface area contributed by atoms with E-state index in [2.05, 4.69) is 10.3 Å². The van der Waals surface area contributed by atoms with Crippen molar-refractivity contribution in [2.45, 2.75) is 0 Å². The van der Waals surface area contributed by atoms with Gasteiger partial charge in [-0.15, -0.1) is 0 Å². The Hall–Kier alpha value is -3.29. The molecule has 2 rings (SSSR count). The predicted octanol–water partition coefficient (Wildman–Crippen LogP) is 1.94. The van der Waals surface area contributed by atoms with Crippen molar-refractivity contribution in [3.63, 3.8) is 0 Å². The highest BCUT2D eigenvalue weighted by atomic mass is 16.6. The molecule has 2 aromatic rings. The van der Waals surface area contributed by atoms with Gasteiger partial charge in [-0.25, -0.2) is 4.79 Å². The van der Waals surface area contributed by atoms with Gasteiger partial charge in [0.25, 0.3) is 11.6 Å². The second-order valence-corrected chi connectivity index (χ2v) is 3.93. The highest BCUT2D eigenvalue weighted by molar-refractivity contribution is 6.09. The van der Waals surface area contributed by atoms with Crippen molar-refractivity contribution >= 4 is 23.3 Å². The first-order valence-corrected chi connectivity index (χ1v) is 5.74. The van der Waals surface area contributed by atoms with E-state index in [0.717, 1.165) is 0 Å². The van der Waals surface area contributed by atoms with Crippen LogP contribution in [0.25, 0.3) is 0 Å². The van der Waals surface area contributed by atoms with Gasteiger partial charge < -0.3 is 10.4 Å². The van der Waals surface area contributed by atoms with Crippen LogP contribution in [-0.4, -0.2) is 26.9 Å². The summed E-state index contributed by atoms with van der Waals surface area (Å²) in [5.41, 5.74) is -0.926. The van der Waals surface area contributed by atoms with Crippen molar-refractivity contribution in [3.8, 4) is 0 Å². The number of benzene rings is 1. The van der Waals surface area contributed by atoms with Gasteiger partial charge >= 0.3 is 5.97 Å². The van der Waals surface area contributed by atoms with E-state index in [4.69, 9.17) is 5.11 Å². The number of hydrogen-bond acceptors (Lipinski definition) is 5. The number of carboxylic acid groups (broad SMARTS) is 1. The van der Waals surface area contributed by atoms with Crippen LogP contribution in [0.5, 0.6) is 0 Å². The number of nitrogens with zero attached hydrogens (tertiary/aromatic N) is 2. The maximum atomic E-state index is 12.1. The Morgan fingerprint density at radius 1 is 1.19 bits per heavy atom. The molecule has 0 fully saturated rings. The minimum Gasteiger partial charge on any atom is -0.478 e. The van der Waals surface area contributed by atoms with E-state index in [1.54, 1.807) is 0 Å². The number of nitrogens with one attached hydrogen (secondary N) is 1. The molecule has 0 aliphatic rings. The van der Waals surface area contributed by atoms with E-state index in [1.165, 1.54) is 42.6 Å². The van der Waals surface area contributed by atoms with Gasteiger partial charge in [-0.1, -0.05) is 12.1 Å². The van der Waals surface area contributed by atoms with Gasteiger partial charge in [-0.3, -0.25) is 19.9 Å². The number of carbonyl (C=O) groups excluding carboxylic acids is 1. The molecular formula is C13H9N3O5. The third-order valence-corrected chi connectivity index (χ3v) is 2.60. The van der Waals surface area contributed by atoms with Crippen molar-refractivity contribution in [3.05, 3.63) is 64.0 Å². The maximum absolute atomic E-state index is 12.1. The van der Waals surface area contributed by atoms with Crippen LogP contribution in [0.15, 0.2) is 42.6 Å². The summed E-state index contributed by atoms with van der Waals surface area (Å²) in [6.45, 7) is 0. The summed E-state index contributed by atoms with van der Waals surface area (Å²) in [5, 5.41) is 22.2. The number of carboxylic acids is 1. The number of anilines is 1. The number of nitro benzene ring substituents is 1. The second kappa shape index (κ2) is 5.78. The fourth-order valence-electron chi connectivity index (χ4n) is 1.68. The standard InChI is InChI=1S/C13H9N3O5/c17-12(11-8(13(18)19)4-3-7-14-11)15-9-5-1-2-6-10(9)16(20)21/h1-7H,(H,15,17)(H,18,19). The first kappa shape index (κ1) is 14.1. The van der Waals surface area contributed by atoms with E-state index >= 15 is 0 Å². The van der Waals surface area contributed by atoms with E-state index in [1.807, 2.05) is 0 Å². The van der Waals surface area contributed by atoms with Crippen molar-refractivity contribution < 1.29 is 19.6 Å². The van der Waals surface area contributed by atoms with Crippen LogP contribution in [0.3, 0.4) is 0 Å². The molecule has 2 N–H and O–H groups in total. The number of carbonyl (C=O) groups is 2. The smallest absolute Gasteiger partial charge is 0.338 e. The van der Waals surface area contributed by atoms with E-state index in [9.17, 15) is 19.7 Å². The highest BCUT2D eigenvalue weighted by Gasteiger charge is 2.20. The minimum atomic E-state index is -1.31. The number of nitro groups is 1. The fraction of sp³-hybridized carbons (Fsp3) is 0. The summed E-state index contributed by atoms with van der Waals surface area (Å²) in [6.07, 6.45) is 1.26. The molecule has 1 amide bonds. The lowest BCUT2D eigenvalue weighted by atomic mass is 10.2. The molecule has 0 bridgehead atoms. The van der Waals surface area contributed by atoms with E-state index in [-0.39, 0.29) is 22.6 Å². The van der Waals surface area contributed by atoms with Gasteiger partial charge in [0, 0.05) is 12.3 Å². The first-order valence-electron chi connectivity index (χ1n) is 5.74. The van der Waals surface area contributed by atoms with Crippen LogP contribution in [0.2, 0.25) is 0 Å². The van der Waals surface area contributed by atoms with Gasteiger partial charge in [0.2, 0.25) is 0 Å². The van der Waals surface area contributed by atoms with Gasteiger partial charge in [0.1, 0.15) is 11.4 Å². The van der Waals surface area contributed by atoms with Crippen LogP contribution in [-0.2, 0) is 0 Å². The zero-order valence-electron chi connectivity index (χ0n) is 10.5. The van der Waals surface area contributed by atoms with Gasteiger partial charge in [0.05, 0.1) is 10.5 Å². The molecule has 0 aliphatic carbocycles. The number of hydrogen-bond donors (Lipinski definition) is 2. The first-order chi connectivity index (χ1) is 10.0. The van der Waals surface area contributed by atoms with Gasteiger partial charge in [0.15, 0.2) is 0 Å². The van der Waals surface area contributed by atoms with Crippen LogP contribution >= 0.6 is 0 Å². The average Bonchev–Trinajstić information content (AvgIpc) is 2.47. The topological polar surface area (TPSA) is 122 Å². The van der Waals surface area contributed by atoms with Crippen molar-refractivity contribution in [1.29, 1.82) is 0 Å². The second-order valence-electron chi connectivity index (χ2n) is 3.93. The van der Waals surface area contributed by atoms with Crippen molar-refractivity contribution in [1.82, 2.24) is 4.98 Å². The molecule has 0 atom stereocenters. The van der Waals surface area contributed by atoms with E-state index in [0.29, 0.717) is 0 Å². The monoisotopic (exact) mass is 287 g/mol. The fourth-order valence-corrected chi connectivity index (χ4v) is 1.68. The number of aromatic carboxylic acids is 1. The van der Waals surface area contributed by atoms with Crippen molar-refractivity contribution in [2.24, 2.45) is 0 Å². The molecule has 0 unspecified atom stereocenters. The Labute approximate surface area is 118 Å². The number of para-hydroxylation sites is 2. The Balaban J connectivity index is 2.36. The molecule has 8 nitrogen and oxygen atoms in total. The Bertz CT molecular complexity index is 729. The van der Waals surface area contributed by atoms with E-state index < -0.39 is 16.8 Å². The highest BCUT2D eigenvalue weighted by Crippen LogP contribution is 2.23. The largest absolute Gasteiger partial charge is 0.478 e. The third kappa shape index (κ3) is 3.00. The average molecular weight is 287 g/mol. The zero-order valence-corrected chi connectivity index (χ0v) is 10.5. The summed E-state index contributed by atoms with van der Waals surface area (Å²) in [4.78, 5) is 37.0. The third-order valence-electron chi connectivity index (χ3n) is 2.60. The molecule has 0 spiro atoms. The molecular weight excluding hydrogens is 278 g/mol. The molecule has 0 radical (unpaired) electrons. The quantitative estimate of drug-likeness (QED) is 0.654. The molecule has 1 heterocycles. The number of pyridine rings is 1. The Kier molecular flexibility index (Phi) is 3.89. The molecule has 8 heteroatoms. The lowest BCUT2D eigenvalue weighted by Crippen LogP contribution is -2.18. The summed E-state index contributed by atoms with van der Waals surface area (Å²) >= 11 is 0. The molecule has 106 valence electrons. The predicted molar refractivity (Wildman–Crippen MR) is 72.2 cm³/mol. The number of rotatable bonds is 4. The summed E-state index contributed by atoms with van der Waals surface area (Å²) in [7, 11) is 0. The molecule has 0 saturated carbocycles. The minimum absolute atomic E-state index is 0.0329. The van der Waals surface area contributed by atoms with Crippen LogP contribution in [0.4, 0.5) is 11.4 Å². The van der Waals surface area contributed by atoms with Crippen LogP contribution in [0, 0.1) is 10.1 Å². The lowest BCUT2D eigenvalue weighted by Gasteiger charge is -2.07. The van der Waals surface area contributed by atoms with Crippen LogP contribution in [0.1, 0.15) is 20.8 Å². The van der Waals surface area contributed by atoms with Crippen LogP contribution < -0.4 is 5.32 Å².